The Morgan fingerprint density at radius 2 is 1.85 bits per heavy atom. The van der Waals surface area contributed by atoms with Gasteiger partial charge in [-0.2, -0.15) is 0 Å². The van der Waals surface area contributed by atoms with E-state index in [9.17, 15) is 14.7 Å². The SMILES string of the molecule is C[C@H]1CN[C@H](c2ccc(-n3c(Cl)cc4c(=O)n(CC5(O)CCN(C(=O)C(C6CC6)C6CC6)CC5)cnc43)cc2)CO1. The molecular weight excluding hydrogens is 542 g/mol. The van der Waals surface area contributed by atoms with E-state index in [1.54, 1.807) is 10.6 Å². The van der Waals surface area contributed by atoms with Crippen LogP contribution in [-0.2, 0) is 16.1 Å². The van der Waals surface area contributed by atoms with Crippen LogP contribution in [0.25, 0.3) is 16.7 Å². The van der Waals surface area contributed by atoms with Gasteiger partial charge >= 0.3 is 0 Å². The molecule has 1 amide bonds. The summed E-state index contributed by atoms with van der Waals surface area (Å²) in [6.07, 6.45) is 7.29. The van der Waals surface area contributed by atoms with Crippen LogP contribution in [-0.4, -0.2) is 68.0 Å². The molecule has 0 radical (unpaired) electrons. The molecule has 3 aromatic rings. The first-order chi connectivity index (χ1) is 19.8. The van der Waals surface area contributed by atoms with Crippen LogP contribution in [0.5, 0.6) is 0 Å². The van der Waals surface area contributed by atoms with Crippen molar-refractivity contribution in [3.63, 3.8) is 0 Å². The van der Waals surface area contributed by atoms with Gasteiger partial charge < -0.3 is 20.1 Å². The van der Waals surface area contributed by atoms with Crippen molar-refractivity contribution in [2.75, 3.05) is 26.2 Å². The van der Waals surface area contributed by atoms with Gasteiger partial charge in [-0.3, -0.25) is 18.7 Å². The first kappa shape index (κ1) is 27.1. The molecule has 2 saturated carbocycles. The average Bonchev–Trinajstić information content (AvgIpc) is 3.91. The standard InChI is InChI=1S/C31H38ClN5O4/c1-19-15-33-25(16-41-19)20-6-8-23(9-7-20)37-26(32)14-24-28(37)34-18-36(29(24)38)17-31(40)10-12-35(13-11-31)30(39)27(21-2-3-21)22-4-5-22/h6-9,14,18-19,21-22,25,27,33,40H,2-5,10-13,15-17H2,1H3/t19-,25-/m0/s1. The zero-order valence-electron chi connectivity index (χ0n) is 23.5. The number of ether oxygens (including phenoxy) is 1. The molecule has 41 heavy (non-hydrogen) atoms. The van der Waals surface area contributed by atoms with Crippen molar-refractivity contribution < 1.29 is 14.6 Å². The molecule has 2 aromatic heterocycles. The van der Waals surface area contributed by atoms with Gasteiger partial charge in [-0.15, -0.1) is 0 Å². The number of piperidine rings is 1. The molecule has 2 atom stereocenters. The molecule has 4 heterocycles. The molecule has 2 aliphatic carbocycles. The van der Waals surface area contributed by atoms with Crippen molar-refractivity contribution >= 4 is 28.5 Å². The second-order valence-corrected chi connectivity index (χ2v) is 13.1. The molecule has 0 unspecified atom stereocenters. The molecule has 7 rings (SSSR count). The molecule has 4 fully saturated rings. The Morgan fingerprint density at radius 1 is 1.17 bits per heavy atom. The highest BCUT2D eigenvalue weighted by Crippen LogP contribution is 2.50. The molecule has 9 nitrogen and oxygen atoms in total. The lowest BCUT2D eigenvalue weighted by Gasteiger charge is -2.39. The molecule has 2 aliphatic heterocycles. The van der Waals surface area contributed by atoms with Crippen LogP contribution in [0, 0.1) is 17.8 Å². The molecule has 10 heteroatoms. The van der Waals surface area contributed by atoms with E-state index in [2.05, 4.69) is 17.2 Å². The minimum Gasteiger partial charge on any atom is -0.388 e. The smallest absolute Gasteiger partial charge is 0.262 e. The largest absolute Gasteiger partial charge is 0.388 e. The van der Waals surface area contributed by atoms with Crippen LogP contribution in [0.15, 0.2) is 41.5 Å². The number of likely N-dealkylation sites (tertiary alicyclic amines) is 1. The molecule has 2 saturated heterocycles. The van der Waals surface area contributed by atoms with Gasteiger partial charge in [0.05, 0.1) is 36.3 Å². The quantitative estimate of drug-likeness (QED) is 0.443. The number of nitrogens with zero attached hydrogens (tertiary/aromatic N) is 4. The van der Waals surface area contributed by atoms with Crippen LogP contribution < -0.4 is 10.9 Å². The van der Waals surface area contributed by atoms with Gasteiger partial charge in [0.15, 0.2) is 5.65 Å². The minimum absolute atomic E-state index is 0.135. The lowest BCUT2D eigenvalue weighted by Crippen LogP contribution is -2.51. The number of amides is 1. The summed E-state index contributed by atoms with van der Waals surface area (Å²) in [5.41, 5.74) is 1.12. The lowest BCUT2D eigenvalue weighted by molar-refractivity contribution is -0.141. The Bertz CT molecular complexity index is 1480. The van der Waals surface area contributed by atoms with E-state index in [-0.39, 0.29) is 36.1 Å². The van der Waals surface area contributed by atoms with Gasteiger partial charge in [-0.1, -0.05) is 23.7 Å². The van der Waals surface area contributed by atoms with Gasteiger partial charge in [0.25, 0.3) is 5.56 Å². The summed E-state index contributed by atoms with van der Waals surface area (Å²) in [6, 6.07) is 9.82. The summed E-state index contributed by atoms with van der Waals surface area (Å²) in [5.74, 6) is 1.59. The summed E-state index contributed by atoms with van der Waals surface area (Å²) in [7, 11) is 0. The third-order valence-electron chi connectivity index (χ3n) is 9.51. The molecule has 0 spiro atoms. The van der Waals surface area contributed by atoms with Crippen LogP contribution in [0.1, 0.15) is 57.1 Å². The Kier molecular flexibility index (Phi) is 6.97. The molecular formula is C31H38ClN5O4. The van der Waals surface area contributed by atoms with Gasteiger partial charge in [0.2, 0.25) is 5.91 Å². The maximum Gasteiger partial charge on any atom is 0.262 e. The summed E-state index contributed by atoms with van der Waals surface area (Å²) in [5, 5.41) is 15.7. The number of benzene rings is 1. The Labute approximate surface area is 244 Å². The predicted molar refractivity (Wildman–Crippen MR) is 156 cm³/mol. The summed E-state index contributed by atoms with van der Waals surface area (Å²) >= 11 is 6.63. The number of aliphatic hydroxyl groups is 1. The first-order valence-electron chi connectivity index (χ1n) is 15.0. The monoisotopic (exact) mass is 579 g/mol. The number of carbonyl (C=O) groups is 1. The highest BCUT2D eigenvalue weighted by Gasteiger charge is 2.48. The highest BCUT2D eigenvalue weighted by atomic mass is 35.5. The van der Waals surface area contributed by atoms with E-state index in [0.717, 1.165) is 17.8 Å². The number of hydrogen-bond acceptors (Lipinski definition) is 6. The normalized spacial score (nSPS) is 24.7. The zero-order valence-corrected chi connectivity index (χ0v) is 24.2. The second-order valence-electron chi connectivity index (χ2n) is 12.7. The lowest BCUT2D eigenvalue weighted by atomic mass is 9.89. The van der Waals surface area contributed by atoms with E-state index < -0.39 is 5.60 Å². The topological polar surface area (TPSA) is 102 Å². The van der Waals surface area contributed by atoms with E-state index in [4.69, 9.17) is 16.3 Å². The number of halogens is 1. The predicted octanol–water partition coefficient (Wildman–Crippen LogP) is 3.68. The summed E-state index contributed by atoms with van der Waals surface area (Å²) < 4.78 is 9.04. The van der Waals surface area contributed by atoms with Crippen molar-refractivity contribution in [3.05, 3.63) is 57.7 Å². The van der Waals surface area contributed by atoms with E-state index in [1.165, 1.54) is 36.6 Å². The van der Waals surface area contributed by atoms with E-state index >= 15 is 0 Å². The van der Waals surface area contributed by atoms with Gasteiger partial charge in [0, 0.05) is 31.2 Å². The molecule has 1 aromatic carbocycles. The van der Waals surface area contributed by atoms with E-state index in [1.807, 2.05) is 29.2 Å². The molecule has 2 N–H and O–H groups in total. The number of rotatable bonds is 7. The zero-order chi connectivity index (χ0) is 28.3. The fourth-order valence-electron chi connectivity index (χ4n) is 6.73. The van der Waals surface area contributed by atoms with Crippen molar-refractivity contribution in [1.82, 2.24) is 24.3 Å². The first-order valence-corrected chi connectivity index (χ1v) is 15.4. The summed E-state index contributed by atoms with van der Waals surface area (Å²) in [4.78, 5) is 33.3. The van der Waals surface area contributed by atoms with Gasteiger partial charge in [0.1, 0.15) is 11.5 Å². The number of nitrogens with one attached hydrogen (secondary N) is 1. The second kappa shape index (κ2) is 10.5. The number of carbonyl (C=O) groups excluding carboxylic acids is 1. The number of morpholine rings is 1. The van der Waals surface area contributed by atoms with Crippen molar-refractivity contribution in [1.29, 1.82) is 0 Å². The third kappa shape index (κ3) is 5.33. The van der Waals surface area contributed by atoms with E-state index in [0.29, 0.717) is 60.6 Å². The molecule has 218 valence electrons. The maximum atomic E-state index is 13.5. The number of hydrogen-bond donors (Lipinski definition) is 2. The average molecular weight is 580 g/mol. The number of fused-ring (bicyclic) bond motifs is 1. The Balaban J connectivity index is 1.06. The van der Waals surface area contributed by atoms with Crippen molar-refractivity contribution in [3.8, 4) is 5.69 Å². The van der Waals surface area contributed by atoms with Crippen LogP contribution in [0.4, 0.5) is 0 Å². The van der Waals surface area contributed by atoms with Crippen molar-refractivity contribution in [2.45, 2.75) is 69.7 Å². The van der Waals surface area contributed by atoms with Gasteiger partial charge in [-0.05, 0) is 81.0 Å². The van der Waals surface area contributed by atoms with Crippen LogP contribution in [0.2, 0.25) is 5.15 Å². The van der Waals surface area contributed by atoms with Crippen LogP contribution >= 0.6 is 11.6 Å². The highest BCUT2D eigenvalue weighted by molar-refractivity contribution is 6.31. The maximum absolute atomic E-state index is 13.5. The third-order valence-corrected chi connectivity index (χ3v) is 9.79. The minimum atomic E-state index is -1.07. The Hall–Kier alpha value is -2.72. The fourth-order valence-corrected chi connectivity index (χ4v) is 7.02. The Morgan fingerprint density at radius 3 is 2.46 bits per heavy atom. The molecule has 0 bridgehead atoms. The fraction of sp³-hybridized carbons (Fsp3) is 0.581. The van der Waals surface area contributed by atoms with Crippen LogP contribution in [0.3, 0.4) is 0 Å². The molecule has 4 aliphatic rings. The van der Waals surface area contributed by atoms with Gasteiger partial charge in [-0.25, -0.2) is 4.98 Å². The van der Waals surface area contributed by atoms with Crippen molar-refractivity contribution in [2.24, 2.45) is 17.8 Å². The summed E-state index contributed by atoms with van der Waals surface area (Å²) in [6.45, 7) is 4.67. The number of aromatic nitrogens is 3.